The number of benzene rings is 5. The first-order valence-corrected chi connectivity index (χ1v) is 19.1. The van der Waals surface area contributed by atoms with Crippen LogP contribution in [0.25, 0.3) is 22.3 Å². The zero-order valence-electron chi connectivity index (χ0n) is 32.8. The second-order valence-electron chi connectivity index (χ2n) is 13.4. The van der Waals surface area contributed by atoms with E-state index in [1.807, 2.05) is 140 Å². The number of hydrogen-bond donors (Lipinski definition) is 1. The van der Waals surface area contributed by atoms with Gasteiger partial charge in [-0.1, -0.05) is 165 Å². The molecule has 2 amide bonds. The molecule has 0 spiro atoms. The smallest absolute Gasteiger partial charge is 0.478 e. The summed E-state index contributed by atoms with van der Waals surface area (Å²) < 4.78 is 25.0. The molecule has 308 valence electrons. The normalized spacial score (nSPS) is 13.9. The number of imide groups is 1. The SMILES string of the molecule is C=CCOC(=O)OC(Cc1ccc(-c2ccccc2)cc1)C(=O)N1C(=O)OC[C@@H]1Cc1ccccc1.C=CCOC(=O)O[C@@H](Cc1ccc(-c2ccccc2)cc1)C(=O)O. The molecule has 1 unspecified atom stereocenters. The molecule has 1 aliphatic rings. The highest BCUT2D eigenvalue weighted by molar-refractivity contribution is 5.96. The first kappa shape index (κ1) is 43.6. The molecule has 60 heavy (non-hydrogen) atoms. The zero-order valence-corrected chi connectivity index (χ0v) is 32.8. The van der Waals surface area contributed by atoms with Crippen LogP contribution in [-0.4, -0.2) is 78.4 Å². The van der Waals surface area contributed by atoms with E-state index in [-0.39, 0.29) is 32.7 Å². The standard InChI is InChI=1S/C29H27NO6.C19H18O5/c1-2-17-34-29(33)36-26(19-22-13-15-24(16-14-22)23-11-7-4-8-12-23)27(31)30-25(20-35-28(30)32)18-21-9-5-3-6-10-21;1-2-12-23-19(22)24-17(18(20)21)13-14-8-10-16(11-9-14)15-6-4-3-5-7-15/h2-16,25-26H,1,17-20H2;2-11,17H,1,12-13H2,(H,20,21)/t25-,26?;17-/m00/s1. The van der Waals surface area contributed by atoms with Gasteiger partial charge in [0.2, 0.25) is 6.10 Å². The van der Waals surface area contributed by atoms with Gasteiger partial charge in [0.05, 0.1) is 6.04 Å². The summed E-state index contributed by atoms with van der Waals surface area (Å²) in [5.41, 5.74) is 6.64. The molecule has 12 heteroatoms. The van der Waals surface area contributed by atoms with Gasteiger partial charge in [0.25, 0.3) is 5.91 Å². The minimum Gasteiger partial charge on any atom is -0.478 e. The monoisotopic (exact) mass is 811 g/mol. The van der Waals surface area contributed by atoms with Crippen molar-refractivity contribution in [2.45, 2.75) is 37.5 Å². The molecule has 12 nitrogen and oxygen atoms in total. The Morgan fingerprint density at radius 1 is 0.617 bits per heavy atom. The number of hydrogen-bond acceptors (Lipinski definition) is 10. The third-order valence-corrected chi connectivity index (χ3v) is 9.14. The lowest BCUT2D eigenvalue weighted by Gasteiger charge is -2.25. The molecule has 1 fully saturated rings. The molecule has 3 atom stereocenters. The maximum Gasteiger partial charge on any atom is 0.509 e. The molecule has 0 radical (unpaired) electrons. The highest BCUT2D eigenvalue weighted by atomic mass is 16.7. The van der Waals surface area contributed by atoms with Gasteiger partial charge in [0, 0.05) is 12.8 Å². The Bertz CT molecular complexity index is 2190. The van der Waals surface area contributed by atoms with Gasteiger partial charge < -0.3 is 28.8 Å². The summed E-state index contributed by atoms with van der Waals surface area (Å²) >= 11 is 0. The van der Waals surface area contributed by atoms with Crippen molar-refractivity contribution in [1.82, 2.24) is 4.90 Å². The van der Waals surface area contributed by atoms with E-state index in [0.717, 1.165) is 43.8 Å². The van der Waals surface area contributed by atoms with Gasteiger partial charge in [-0.15, -0.1) is 0 Å². The fourth-order valence-corrected chi connectivity index (χ4v) is 6.19. The van der Waals surface area contributed by atoms with Gasteiger partial charge >= 0.3 is 24.4 Å². The van der Waals surface area contributed by atoms with E-state index in [0.29, 0.717) is 6.42 Å². The summed E-state index contributed by atoms with van der Waals surface area (Å²) in [7, 11) is 0. The van der Waals surface area contributed by atoms with E-state index in [2.05, 4.69) is 17.9 Å². The van der Waals surface area contributed by atoms with Crippen LogP contribution in [0.4, 0.5) is 14.4 Å². The summed E-state index contributed by atoms with van der Waals surface area (Å²) in [4.78, 5) is 62.0. The van der Waals surface area contributed by atoms with Gasteiger partial charge in [0.15, 0.2) is 6.10 Å². The van der Waals surface area contributed by atoms with Crippen molar-refractivity contribution in [2.24, 2.45) is 0 Å². The van der Waals surface area contributed by atoms with E-state index in [1.54, 1.807) is 0 Å². The lowest BCUT2D eigenvalue weighted by molar-refractivity contribution is -0.148. The summed E-state index contributed by atoms with van der Waals surface area (Å²) in [6.07, 6.45) is -2.03. The van der Waals surface area contributed by atoms with Crippen LogP contribution >= 0.6 is 0 Å². The Labute approximate surface area is 348 Å². The topological polar surface area (TPSA) is 155 Å². The van der Waals surface area contributed by atoms with Gasteiger partial charge in [-0.3, -0.25) is 4.79 Å². The average Bonchev–Trinajstić information content (AvgIpc) is 3.64. The van der Waals surface area contributed by atoms with Crippen molar-refractivity contribution >= 4 is 30.3 Å². The zero-order chi connectivity index (χ0) is 42.7. The predicted octanol–water partition coefficient (Wildman–Crippen LogP) is 8.88. The quantitative estimate of drug-likeness (QED) is 0.0577. The van der Waals surface area contributed by atoms with Crippen LogP contribution in [-0.2, 0) is 52.5 Å². The van der Waals surface area contributed by atoms with E-state index < -0.39 is 48.5 Å². The number of cyclic esters (lactones) is 1. The van der Waals surface area contributed by atoms with Crippen LogP contribution in [0.1, 0.15) is 16.7 Å². The predicted molar refractivity (Wildman–Crippen MR) is 224 cm³/mol. The molecule has 0 bridgehead atoms. The number of ether oxygens (including phenoxy) is 5. The lowest BCUT2D eigenvalue weighted by Crippen LogP contribution is -2.47. The Morgan fingerprint density at radius 2 is 1.03 bits per heavy atom. The highest BCUT2D eigenvalue weighted by Gasteiger charge is 2.42. The number of nitrogens with zero attached hydrogens (tertiary/aromatic N) is 1. The first-order valence-electron chi connectivity index (χ1n) is 19.1. The fraction of sp³-hybridized carbons (Fsp3) is 0.188. The van der Waals surface area contributed by atoms with Crippen LogP contribution in [0, 0.1) is 0 Å². The van der Waals surface area contributed by atoms with E-state index in [4.69, 9.17) is 18.9 Å². The lowest BCUT2D eigenvalue weighted by atomic mass is 10.0. The molecule has 0 aliphatic carbocycles. The number of amides is 2. The van der Waals surface area contributed by atoms with Crippen LogP contribution < -0.4 is 0 Å². The van der Waals surface area contributed by atoms with Crippen molar-refractivity contribution in [3.63, 3.8) is 0 Å². The summed E-state index contributed by atoms with van der Waals surface area (Å²) in [5, 5.41) is 9.19. The van der Waals surface area contributed by atoms with Gasteiger partial charge in [-0.2, -0.15) is 0 Å². The number of carbonyl (C=O) groups excluding carboxylic acids is 4. The number of rotatable bonds is 16. The number of carboxylic acids is 1. The van der Waals surface area contributed by atoms with Crippen molar-refractivity contribution in [3.05, 3.63) is 182 Å². The van der Waals surface area contributed by atoms with Crippen LogP contribution in [0.3, 0.4) is 0 Å². The maximum absolute atomic E-state index is 13.5. The third-order valence-electron chi connectivity index (χ3n) is 9.14. The molecule has 5 aromatic rings. The molecule has 0 saturated carbocycles. The molecule has 1 saturated heterocycles. The van der Waals surface area contributed by atoms with Gasteiger partial charge in [-0.05, 0) is 45.4 Å². The maximum atomic E-state index is 13.5. The fourth-order valence-electron chi connectivity index (χ4n) is 6.19. The Morgan fingerprint density at radius 3 is 1.48 bits per heavy atom. The van der Waals surface area contributed by atoms with E-state index in [9.17, 15) is 29.1 Å². The van der Waals surface area contributed by atoms with Crippen LogP contribution in [0.5, 0.6) is 0 Å². The van der Waals surface area contributed by atoms with Crippen molar-refractivity contribution < 1.29 is 52.8 Å². The Hall–Kier alpha value is -7.47. The number of carboxylic acid groups (broad SMARTS) is 1. The van der Waals surface area contributed by atoms with Crippen molar-refractivity contribution in [1.29, 1.82) is 0 Å². The number of carbonyl (C=O) groups is 5. The second-order valence-corrected chi connectivity index (χ2v) is 13.4. The van der Waals surface area contributed by atoms with Crippen LogP contribution in [0.15, 0.2) is 165 Å². The summed E-state index contributed by atoms with van der Waals surface area (Å²) in [6.45, 7) is 6.88. The van der Waals surface area contributed by atoms with Crippen LogP contribution in [0.2, 0.25) is 0 Å². The van der Waals surface area contributed by atoms with Gasteiger partial charge in [-0.25, -0.2) is 24.1 Å². The second kappa shape index (κ2) is 22.5. The third kappa shape index (κ3) is 13.0. The molecule has 1 N–H and O–H groups in total. The minimum atomic E-state index is -1.30. The average molecular weight is 812 g/mol. The van der Waals surface area contributed by atoms with Crippen molar-refractivity contribution in [3.8, 4) is 22.3 Å². The van der Waals surface area contributed by atoms with E-state index in [1.165, 1.54) is 12.2 Å². The molecule has 6 rings (SSSR count). The molecular weight excluding hydrogens is 767 g/mol. The first-order chi connectivity index (χ1) is 29.1. The van der Waals surface area contributed by atoms with E-state index >= 15 is 0 Å². The molecular formula is C48H45NO11. The largest absolute Gasteiger partial charge is 0.509 e. The molecule has 1 heterocycles. The highest BCUT2D eigenvalue weighted by Crippen LogP contribution is 2.24. The molecule has 0 aromatic heterocycles. The number of aliphatic carboxylic acids is 1. The molecule has 1 aliphatic heterocycles. The molecule has 5 aromatic carbocycles. The van der Waals surface area contributed by atoms with Gasteiger partial charge in [0.1, 0.15) is 19.8 Å². The summed E-state index contributed by atoms with van der Waals surface area (Å²) in [6, 6.07) is 43.7. The summed E-state index contributed by atoms with van der Waals surface area (Å²) in [5.74, 6) is -1.88. The Kier molecular flexibility index (Phi) is 16.3. The Balaban J connectivity index is 0.000000247. The minimum absolute atomic E-state index is 0.0308. The van der Waals surface area contributed by atoms with Crippen molar-refractivity contribution in [2.75, 3.05) is 19.8 Å².